The SMILES string of the molecule is O=C(Oc1ccc(N2CCN(/C=N\O)CC2)cc1)c1ccncn1. The van der Waals surface area contributed by atoms with Gasteiger partial charge in [-0.1, -0.05) is 5.16 Å². The zero-order chi connectivity index (χ0) is 16.8. The van der Waals surface area contributed by atoms with E-state index in [2.05, 4.69) is 20.0 Å². The van der Waals surface area contributed by atoms with Crippen molar-refractivity contribution in [2.45, 2.75) is 0 Å². The molecule has 1 saturated heterocycles. The molecule has 3 rings (SSSR count). The molecule has 1 aliphatic rings. The van der Waals surface area contributed by atoms with Crippen LogP contribution in [0.4, 0.5) is 5.69 Å². The largest absolute Gasteiger partial charge is 0.422 e. The van der Waals surface area contributed by atoms with E-state index < -0.39 is 5.97 Å². The average molecular weight is 327 g/mol. The summed E-state index contributed by atoms with van der Waals surface area (Å²) >= 11 is 0. The second kappa shape index (κ2) is 7.40. The zero-order valence-corrected chi connectivity index (χ0v) is 12.9. The molecule has 0 saturated carbocycles. The Bertz CT molecular complexity index is 697. The molecular weight excluding hydrogens is 310 g/mol. The molecule has 1 aromatic carbocycles. The highest BCUT2D eigenvalue weighted by molar-refractivity contribution is 5.88. The van der Waals surface area contributed by atoms with Gasteiger partial charge in [0.05, 0.1) is 0 Å². The molecule has 0 amide bonds. The van der Waals surface area contributed by atoms with Crippen LogP contribution in [0.5, 0.6) is 5.75 Å². The van der Waals surface area contributed by atoms with Gasteiger partial charge < -0.3 is 19.7 Å². The van der Waals surface area contributed by atoms with Gasteiger partial charge in [-0.15, -0.1) is 0 Å². The smallest absolute Gasteiger partial charge is 0.362 e. The third-order valence-electron chi connectivity index (χ3n) is 3.73. The second-order valence-electron chi connectivity index (χ2n) is 5.23. The normalized spacial score (nSPS) is 14.8. The lowest BCUT2D eigenvalue weighted by atomic mass is 10.2. The fraction of sp³-hybridized carbons (Fsp3) is 0.250. The Hall–Kier alpha value is -3.16. The molecule has 2 heterocycles. The Kier molecular flexibility index (Phi) is 4.85. The number of hydrogen-bond acceptors (Lipinski definition) is 7. The summed E-state index contributed by atoms with van der Waals surface area (Å²) in [7, 11) is 0. The summed E-state index contributed by atoms with van der Waals surface area (Å²) in [6.45, 7) is 3.22. The maximum atomic E-state index is 11.9. The number of nitrogens with zero attached hydrogens (tertiary/aromatic N) is 5. The number of esters is 1. The van der Waals surface area contributed by atoms with Gasteiger partial charge in [-0.25, -0.2) is 14.8 Å². The van der Waals surface area contributed by atoms with Crippen molar-refractivity contribution < 1.29 is 14.7 Å². The zero-order valence-electron chi connectivity index (χ0n) is 12.9. The van der Waals surface area contributed by atoms with Gasteiger partial charge in [-0.2, -0.15) is 0 Å². The molecule has 0 radical (unpaired) electrons. The molecule has 1 N–H and O–H groups in total. The molecule has 0 bridgehead atoms. The molecule has 0 spiro atoms. The number of benzene rings is 1. The molecule has 0 atom stereocenters. The summed E-state index contributed by atoms with van der Waals surface area (Å²) in [5, 5.41) is 11.6. The number of anilines is 1. The lowest BCUT2D eigenvalue weighted by Crippen LogP contribution is -2.45. The number of ether oxygens (including phenoxy) is 1. The minimum absolute atomic E-state index is 0.218. The molecule has 1 fully saturated rings. The topological polar surface area (TPSA) is 91.2 Å². The first kappa shape index (κ1) is 15.7. The number of oxime groups is 1. The van der Waals surface area contributed by atoms with Crippen LogP contribution in [-0.2, 0) is 0 Å². The highest BCUT2D eigenvalue weighted by atomic mass is 16.5. The highest BCUT2D eigenvalue weighted by Gasteiger charge is 2.16. The molecule has 1 aromatic heterocycles. The molecule has 8 nitrogen and oxygen atoms in total. The maximum absolute atomic E-state index is 11.9. The van der Waals surface area contributed by atoms with Crippen LogP contribution in [0.1, 0.15) is 10.5 Å². The number of carbonyl (C=O) groups excluding carboxylic acids is 1. The molecular formula is C16H17N5O3. The Balaban J connectivity index is 1.59. The van der Waals surface area contributed by atoms with Crippen molar-refractivity contribution in [2.75, 3.05) is 31.1 Å². The standard InChI is InChI=1S/C16H17N5O3/c22-16(15-5-6-17-11-18-15)24-14-3-1-13(2-4-14)21-9-7-20(8-10-21)12-19-23/h1-6,11-12,23H,7-10H2/b19-12-. The Morgan fingerprint density at radius 1 is 1.17 bits per heavy atom. The Morgan fingerprint density at radius 2 is 1.92 bits per heavy atom. The van der Waals surface area contributed by atoms with Crippen molar-refractivity contribution in [3.05, 3.63) is 48.5 Å². The van der Waals surface area contributed by atoms with Crippen molar-refractivity contribution in [3.63, 3.8) is 0 Å². The summed E-state index contributed by atoms with van der Waals surface area (Å²) in [6.07, 6.45) is 4.24. The van der Waals surface area contributed by atoms with Gasteiger partial charge in [0.15, 0.2) is 5.69 Å². The third kappa shape index (κ3) is 3.78. The molecule has 0 unspecified atom stereocenters. The van der Waals surface area contributed by atoms with Crippen LogP contribution in [0.3, 0.4) is 0 Å². The third-order valence-corrected chi connectivity index (χ3v) is 3.73. The van der Waals surface area contributed by atoms with Crippen LogP contribution < -0.4 is 9.64 Å². The van der Waals surface area contributed by atoms with Gasteiger partial charge in [-0.05, 0) is 30.3 Å². The minimum atomic E-state index is -0.512. The van der Waals surface area contributed by atoms with Crippen molar-refractivity contribution in [1.29, 1.82) is 0 Å². The van der Waals surface area contributed by atoms with Gasteiger partial charge >= 0.3 is 5.97 Å². The minimum Gasteiger partial charge on any atom is -0.422 e. The number of piperazine rings is 1. The molecule has 0 aliphatic carbocycles. The number of rotatable bonds is 4. The lowest BCUT2D eigenvalue weighted by Gasteiger charge is -2.34. The summed E-state index contributed by atoms with van der Waals surface area (Å²) in [5.74, 6) is -0.0459. The predicted octanol–water partition coefficient (Wildman–Crippen LogP) is 1.24. The summed E-state index contributed by atoms with van der Waals surface area (Å²) in [6, 6.07) is 8.86. The van der Waals surface area contributed by atoms with E-state index in [0.29, 0.717) is 5.75 Å². The van der Waals surface area contributed by atoms with Crippen molar-refractivity contribution >= 4 is 18.0 Å². The average Bonchev–Trinajstić information content (AvgIpc) is 2.64. The second-order valence-corrected chi connectivity index (χ2v) is 5.23. The molecule has 24 heavy (non-hydrogen) atoms. The lowest BCUT2D eigenvalue weighted by molar-refractivity contribution is 0.0728. The summed E-state index contributed by atoms with van der Waals surface area (Å²) in [4.78, 5) is 23.7. The van der Waals surface area contributed by atoms with Gasteiger partial charge in [0.2, 0.25) is 0 Å². The quantitative estimate of drug-likeness (QED) is 0.225. The van der Waals surface area contributed by atoms with Crippen LogP contribution in [0.15, 0.2) is 48.0 Å². The van der Waals surface area contributed by atoms with Gasteiger partial charge in [0, 0.05) is 38.1 Å². The van der Waals surface area contributed by atoms with E-state index in [1.54, 1.807) is 12.1 Å². The van der Waals surface area contributed by atoms with Crippen molar-refractivity contribution in [2.24, 2.45) is 5.16 Å². The van der Waals surface area contributed by atoms with Gasteiger partial charge in [0.1, 0.15) is 18.4 Å². The van der Waals surface area contributed by atoms with Crippen LogP contribution in [0.25, 0.3) is 0 Å². The fourth-order valence-electron chi connectivity index (χ4n) is 2.46. The van der Waals surface area contributed by atoms with E-state index in [0.717, 1.165) is 31.9 Å². The van der Waals surface area contributed by atoms with E-state index in [9.17, 15) is 4.79 Å². The first-order valence-corrected chi connectivity index (χ1v) is 7.51. The van der Waals surface area contributed by atoms with Crippen LogP contribution >= 0.6 is 0 Å². The maximum Gasteiger partial charge on any atom is 0.362 e. The van der Waals surface area contributed by atoms with Crippen molar-refractivity contribution in [1.82, 2.24) is 14.9 Å². The van der Waals surface area contributed by atoms with E-state index in [4.69, 9.17) is 9.94 Å². The van der Waals surface area contributed by atoms with Crippen LogP contribution in [-0.4, -0.2) is 58.6 Å². The molecule has 2 aromatic rings. The fourth-order valence-corrected chi connectivity index (χ4v) is 2.46. The van der Waals surface area contributed by atoms with E-state index in [1.165, 1.54) is 24.9 Å². The molecule has 1 aliphatic heterocycles. The van der Waals surface area contributed by atoms with Gasteiger partial charge in [0.25, 0.3) is 0 Å². The van der Waals surface area contributed by atoms with E-state index in [1.807, 2.05) is 17.0 Å². The van der Waals surface area contributed by atoms with Gasteiger partial charge in [-0.3, -0.25) is 0 Å². The summed E-state index contributed by atoms with van der Waals surface area (Å²) < 4.78 is 5.29. The number of carbonyl (C=O) groups is 1. The van der Waals surface area contributed by atoms with E-state index >= 15 is 0 Å². The van der Waals surface area contributed by atoms with Crippen LogP contribution in [0, 0.1) is 0 Å². The summed E-state index contributed by atoms with van der Waals surface area (Å²) in [5.41, 5.74) is 1.27. The number of aromatic nitrogens is 2. The molecule has 8 heteroatoms. The highest BCUT2D eigenvalue weighted by Crippen LogP contribution is 2.21. The van der Waals surface area contributed by atoms with Crippen LogP contribution in [0.2, 0.25) is 0 Å². The van der Waals surface area contributed by atoms with Crippen molar-refractivity contribution in [3.8, 4) is 5.75 Å². The molecule has 124 valence electrons. The number of hydrogen-bond donors (Lipinski definition) is 1. The van der Waals surface area contributed by atoms with E-state index in [-0.39, 0.29) is 5.69 Å². The monoisotopic (exact) mass is 327 g/mol. The first-order chi connectivity index (χ1) is 11.8. The Labute approximate surface area is 139 Å². The Morgan fingerprint density at radius 3 is 2.54 bits per heavy atom. The first-order valence-electron chi connectivity index (χ1n) is 7.51. The predicted molar refractivity (Wildman–Crippen MR) is 87.5 cm³/mol.